The molecule has 2 amide bonds. The van der Waals surface area contributed by atoms with Gasteiger partial charge in [-0.05, 0) is 0 Å². The monoisotopic (exact) mass is 295 g/mol. The van der Waals surface area contributed by atoms with Crippen LogP contribution in [0.4, 0.5) is 13.2 Å². The maximum Gasteiger partial charge on any atom is 0.428 e. The first-order valence-corrected chi connectivity index (χ1v) is 6.29. The highest BCUT2D eigenvalue weighted by Crippen LogP contribution is 2.25. The van der Waals surface area contributed by atoms with Gasteiger partial charge in [0.25, 0.3) is 5.91 Å². The van der Waals surface area contributed by atoms with Gasteiger partial charge >= 0.3 is 6.18 Å². The van der Waals surface area contributed by atoms with Crippen LogP contribution in [-0.2, 0) is 14.3 Å². The predicted octanol–water partition coefficient (Wildman–Crippen LogP) is -0.446. The van der Waals surface area contributed by atoms with Crippen molar-refractivity contribution in [2.45, 2.75) is 25.4 Å². The SMILES string of the molecule is CC(=O)N1CCN(C(=O)C2CNC(C(F)(F)F)O2)CC1. The number of ether oxygens (including phenoxy) is 1. The number of halogens is 3. The maximum absolute atomic E-state index is 12.4. The molecule has 114 valence electrons. The van der Waals surface area contributed by atoms with E-state index >= 15 is 0 Å². The van der Waals surface area contributed by atoms with Crippen LogP contribution >= 0.6 is 0 Å². The average Bonchev–Trinajstić information content (AvgIpc) is 2.87. The van der Waals surface area contributed by atoms with Crippen molar-refractivity contribution in [3.63, 3.8) is 0 Å². The molecule has 6 nitrogen and oxygen atoms in total. The summed E-state index contributed by atoms with van der Waals surface area (Å²) in [7, 11) is 0. The highest BCUT2D eigenvalue weighted by atomic mass is 19.4. The lowest BCUT2D eigenvalue weighted by Gasteiger charge is -2.35. The highest BCUT2D eigenvalue weighted by Gasteiger charge is 2.47. The number of nitrogens with zero attached hydrogens (tertiary/aromatic N) is 2. The Labute approximate surface area is 113 Å². The van der Waals surface area contributed by atoms with E-state index in [9.17, 15) is 22.8 Å². The number of hydrogen-bond donors (Lipinski definition) is 1. The molecular weight excluding hydrogens is 279 g/mol. The number of carbonyl (C=O) groups excluding carboxylic acids is 2. The van der Waals surface area contributed by atoms with E-state index in [0.717, 1.165) is 0 Å². The molecule has 2 unspecified atom stereocenters. The lowest BCUT2D eigenvalue weighted by molar-refractivity contribution is -0.221. The van der Waals surface area contributed by atoms with Gasteiger partial charge in [0.05, 0.1) is 0 Å². The lowest BCUT2D eigenvalue weighted by Crippen LogP contribution is -2.53. The van der Waals surface area contributed by atoms with Gasteiger partial charge in [-0.15, -0.1) is 0 Å². The van der Waals surface area contributed by atoms with Gasteiger partial charge in [-0.2, -0.15) is 13.2 Å². The molecule has 0 aromatic carbocycles. The number of nitrogens with one attached hydrogen (secondary N) is 1. The van der Waals surface area contributed by atoms with E-state index in [0.29, 0.717) is 26.2 Å². The molecule has 0 aromatic heterocycles. The second-order valence-electron chi connectivity index (χ2n) is 4.79. The van der Waals surface area contributed by atoms with E-state index in [4.69, 9.17) is 4.74 Å². The lowest BCUT2D eigenvalue weighted by atomic mass is 10.2. The molecule has 0 spiro atoms. The minimum absolute atomic E-state index is 0.0759. The third kappa shape index (κ3) is 3.21. The second-order valence-corrected chi connectivity index (χ2v) is 4.79. The molecule has 0 aliphatic carbocycles. The Hall–Kier alpha value is -1.35. The zero-order valence-corrected chi connectivity index (χ0v) is 10.9. The van der Waals surface area contributed by atoms with Gasteiger partial charge in [0.1, 0.15) is 0 Å². The Kier molecular flexibility index (Phi) is 4.19. The van der Waals surface area contributed by atoms with Gasteiger partial charge in [-0.1, -0.05) is 0 Å². The number of alkyl halides is 3. The average molecular weight is 295 g/mol. The van der Waals surface area contributed by atoms with E-state index in [-0.39, 0.29) is 12.5 Å². The Morgan fingerprint density at radius 2 is 1.70 bits per heavy atom. The molecular formula is C11H16F3N3O3. The summed E-state index contributed by atoms with van der Waals surface area (Å²) in [6.07, 6.45) is -7.73. The van der Waals surface area contributed by atoms with Crippen LogP contribution in [0.15, 0.2) is 0 Å². The summed E-state index contributed by atoms with van der Waals surface area (Å²) in [5.41, 5.74) is 0. The number of hydrogen-bond acceptors (Lipinski definition) is 4. The zero-order valence-electron chi connectivity index (χ0n) is 10.9. The first kappa shape index (κ1) is 15.0. The molecule has 0 radical (unpaired) electrons. The van der Waals surface area contributed by atoms with Crippen molar-refractivity contribution in [1.82, 2.24) is 15.1 Å². The van der Waals surface area contributed by atoms with E-state index < -0.39 is 24.4 Å². The molecule has 0 bridgehead atoms. The van der Waals surface area contributed by atoms with Crippen molar-refractivity contribution < 1.29 is 27.5 Å². The number of rotatable bonds is 1. The predicted molar refractivity (Wildman–Crippen MR) is 61.6 cm³/mol. The topological polar surface area (TPSA) is 61.9 Å². The van der Waals surface area contributed by atoms with Gasteiger partial charge in [-0.3, -0.25) is 14.9 Å². The molecule has 2 rings (SSSR count). The number of piperazine rings is 1. The summed E-state index contributed by atoms with van der Waals surface area (Å²) in [5.74, 6) is -0.541. The van der Waals surface area contributed by atoms with E-state index in [1.807, 2.05) is 0 Å². The summed E-state index contributed by atoms with van der Waals surface area (Å²) in [5, 5.41) is 2.13. The van der Waals surface area contributed by atoms with Crippen LogP contribution in [0, 0.1) is 0 Å². The fourth-order valence-electron chi connectivity index (χ4n) is 2.26. The Morgan fingerprint density at radius 3 is 2.15 bits per heavy atom. The summed E-state index contributed by atoms with van der Waals surface area (Å²) >= 11 is 0. The van der Waals surface area contributed by atoms with Crippen LogP contribution in [0.1, 0.15) is 6.92 Å². The van der Waals surface area contributed by atoms with E-state index in [1.165, 1.54) is 11.8 Å². The van der Waals surface area contributed by atoms with Crippen LogP contribution in [0.25, 0.3) is 0 Å². The molecule has 0 aromatic rings. The number of amides is 2. The first-order valence-electron chi connectivity index (χ1n) is 6.29. The molecule has 2 atom stereocenters. The standard InChI is InChI=1S/C11H16F3N3O3/c1-7(18)16-2-4-17(5-3-16)9(19)8-6-15-10(20-8)11(12,13)14/h8,10,15H,2-6H2,1H3. The first-order chi connectivity index (χ1) is 9.29. The van der Waals surface area contributed by atoms with Crippen LogP contribution in [0.3, 0.4) is 0 Å². The fourth-order valence-corrected chi connectivity index (χ4v) is 2.26. The summed E-state index contributed by atoms with van der Waals surface area (Å²) in [6, 6.07) is 0. The largest absolute Gasteiger partial charge is 0.428 e. The van der Waals surface area contributed by atoms with E-state index in [2.05, 4.69) is 5.32 Å². The Bertz CT molecular complexity index is 394. The van der Waals surface area contributed by atoms with Gasteiger partial charge in [-0.25, -0.2) is 0 Å². The minimum atomic E-state index is -4.53. The van der Waals surface area contributed by atoms with Gasteiger partial charge in [0, 0.05) is 39.6 Å². The Morgan fingerprint density at radius 1 is 1.15 bits per heavy atom. The van der Waals surface area contributed by atoms with Crippen molar-refractivity contribution in [3.05, 3.63) is 0 Å². The van der Waals surface area contributed by atoms with Crippen molar-refractivity contribution in [2.75, 3.05) is 32.7 Å². The molecule has 2 heterocycles. The molecule has 2 aliphatic rings. The Balaban J connectivity index is 1.86. The summed E-state index contributed by atoms with van der Waals surface area (Å²) in [6.45, 7) is 2.70. The van der Waals surface area contributed by atoms with Crippen molar-refractivity contribution in [2.24, 2.45) is 0 Å². The molecule has 9 heteroatoms. The van der Waals surface area contributed by atoms with Crippen LogP contribution in [-0.4, -0.2) is 72.8 Å². The zero-order chi connectivity index (χ0) is 14.9. The van der Waals surface area contributed by atoms with Gasteiger partial charge in [0.15, 0.2) is 6.10 Å². The summed E-state index contributed by atoms with van der Waals surface area (Å²) in [4.78, 5) is 26.2. The van der Waals surface area contributed by atoms with Crippen molar-refractivity contribution in [3.8, 4) is 0 Å². The highest BCUT2D eigenvalue weighted by molar-refractivity contribution is 5.82. The molecule has 2 fully saturated rings. The van der Waals surface area contributed by atoms with Crippen LogP contribution in [0.2, 0.25) is 0 Å². The van der Waals surface area contributed by atoms with Crippen molar-refractivity contribution >= 4 is 11.8 Å². The molecule has 0 saturated carbocycles. The summed E-state index contributed by atoms with van der Waals surface area (Å²) < 4.78 is 42.0. The minimum Gasteiger partial charge on any atom is -0.339 e. The third-order valence-corrected chi connectivity index (χ3v) is 3.40. The number of carbonyl (C=O) groups is 2. The van der Waals surface area contributed by atoms with Crippen LogP contribution in [0.5, 0.6) is 0 Å². The quantitative estimate of drug-likeness (QED) is 0.712. The van der Waals surface area contributed by atoms with Gasteiger partial charge in [0.2, 0.25) is 12.1 Å². The molecule has 2 aliphatic heterocycles. The third-order valence-electron chi connectivity index (χ3n) is 3.40. The molecule has 2 saturated heterocycles. The fraction of sp³-hybridized carbons (Fsp3) is 0.818. The second kappa shape index (κ2) is 5.57. The molecule has 20 heavy (non-hydrogen) atoms. The van der Waals surface area contributed by atoms with E-state index in [1.54, 1.807) is 4.90 Å². The van der Waals surface area contributed by atoms with Gasteiger partial charge < -0.3 is 14.5 Å². The van der Waals surface area contributed by atoms with Crippen molar-refractivity contribution in [1.29, 1.82) is 0 Å². The maximum atomic E-state index is 12.4. The van der Waals surface area contributed by atoms with Crippen LogP contribution < -0.4 is 5.32 Å². The molecule has 1 N–H and O–H groups in total. The smallest absolute Gasteiger partial charge is 0.339 e. The normalized spacial score (nSPS) is 27.8.